The lowest BCUT2D eigenvalue weighted by molar-refractivity contribution is 0.760. The van der Waals surface area contributed by atoms with E-state index in [4.69, 9.17) is 0 Å². The highest BCUT2D eigenvalue weighted by Gasteiger charge is 2.00. The Morgan fingerprint density at radius 1 is 1.47 bits per heavy atom. The van der Waals surface area contributed by atoms with Gasteiger partial charge in [-0.25, -0.2) is 0 Å². The molecule has 0 aliphatic heterocycles. The number of aromatic nitrogens is 2. The van der Waals surface area contributed by atoms with Gasteiger partial charge in [0.15, 0.2) is 0 Å². The zero-order valence-electron chi connectivity index (χ0n) is 10.6. The zero-order chi connectivity index (χ0) is 12.3. The van der Waals surface area contributed by atoms with Gasteiger partial charge in [0.25, 0.3) is 0 Å². The third-order valence-corrected chi connectivity index (χ3v) is 1.33. The first-order valence-corrected chi connectivity index (χ1v) is 5.32. The summed E-state index contributed by atoms with van der Waals surface area (Å²) in [6, 6.07) is 0. The lowest BCUT2D eigenvalue weighted by Gasteiger charge is -1.92. The fourth-order valence-electron chi connectivity index (χ4n) is 0.794. The lowest BCUT2D eigenvalue weighted by Crippen LogP contribution is -1.91. The molecule has 0 saturated heterocycles. The molecule has 86 valence electrons. The van der Waals surface area contributed by atoms with Crippen LogP contribution in [0.5, 0.6) is 0 Å². The number of aliphatic imine (C=N–C) groups is 1. The Balaban J connectivity index is 0. The molecule has 1 rings (SSSR count). The predicted molar refractivity (Wildman–Crippen MR) is 69.8 cm³/mol. The maximum absolute atomic E-state index is 3.97. The predicted octanol–water partition coefficient (Wildman–Crippen LogP) is 3.84. The average molecular weight is 209 g/mol. The van der Waals surface area contributed by atoms with Crippen molar-refractivity contribution in [2.45, 2.75) is 34.1 Å². The number of aryl methyl sites for hydroxylation is 1. The third-order valence-electron chi connectivity index (χ3n) is 1.33. The molecule has 0 spiro atoms. The maximum atomic E-state index is 3.97. The molecule has 0 unspecified atom stereocenters. The van der Waals surface area contributed by atoms with E-state index >= 15 is 0 Å². The molecule has 1 aromatic heterocycles. The first-order chi connectivity index (χ1) is 7.21. The Kier molecular flexibility index (Phi) is 11.5. The maximum Gasteiger partial charge on any atom is 0.107 e. The molecule has 3 heteroatoms. The fraction of sp³-hybridized carbons (Fsp3) is 0.500. The number of hydrogen-bond donors (Lipinski definition) is 0. The Bertz CT molecular complexity index is 274. The summed E-state index contributed by atoms with van der Waals surface area (Å²) in [6.07, 6.45) is 4.61. The van der Waals surface area contributed by atoms with Crippen molar-refractivity contribution in [3.63, 3.8) is 0 Å². The van der Waals surface area contributed by atoms with Crippen molar-refractivity contribution in [2.75, 3.05) is 0 Å². The normalized spacial score (nSPS) is 7.80. The van der Waals surface area contributed by atoms with Crippen LogP contribution in [0.2, 0.25) is 0 Å². The highest BCUT2D eigenvalue weighted by atomic mass is 15.3. The molecule has 15 heavy (non-hydrogen) atoms. The van der Waals surface area contributed by atoms with E-state index < -0.39 is 0 Å². The largest absolute Gasteiger partial charge is 0.266 e. The SMILES string of the molecule is C=Cc1c(N=C)cnn1C.CC.CCC. The van der Waals surface area contributed by atoms with Gasteiger partial charge in [-0.3, -0.25) is 9.67 Å². The van der Waals surface area contributed by atoms with E-state index in [1.165, 1.54) is 6.42 Å². The minimum absolute atomic E-state index is 0.775. The van der Waals surface area contributed by atoms with Crippen LogP contribution in [0.3, 0.4) is 0 Å². The van der Waals surface area contributed by atoms with Crippen LogP contribution >= 0.6 is 0 Å². The third kappa shape index (κ3) is 5.83. The van der Waals surface area contributed by atoms with Gasteiger partial charge in [0.1, 0.15) is 5.69 Å². The van der Waals surface area contributed by atoms with Crippen LogP contribution in [-0.4, -0.2) is 16.5 Å². The molecule has 0 saturated carbocycles. The Morgan fingerprint density at radius 3 is 2.20 bits per heavy atom. The quantitative estimate of drug-likeness (QED) is 0.681. The zero-order valence-corrected chi connectivity index (χ0v) is 10.6. The van der Waals surface area contributed by atoms with E-state index in [9.17, 15) is 0 Å². The first-order valence-electron chi connectivity index (χ1n) is 5.32. The molecule has 0 fully saturated rings. The van der Waals surface area contributed by atoms with Gasteiger partial charge in [0, 0.05) is 7.05 Å². The van der Waals surface area contributed by atoms with Gasteiger partial charge in [0.2, 0.25) is 0 Å². The Hall–Kier alpha value is -1.38. The van der Waals surface area contributed by atoms with Crippen molar-refractivity contribution in [1.29, 1.82) is 0 Å². The van der Waals surface area contributed by atoms with Gasteiger partial charge in [-0.05, 0) is 12.8 Å². The van der Waals surface area contributed by atoms with Gasteiger partial charge in [-0.1, -0.05) is 40.7 Å². The highest BCUT2D eigenvalue weighted by Crippen LogP contribution is 2.17. The minimum Gasteiger partial charge on any atom is -0.266 e. The van der Waals surface area contributed by atoms with Crippen molar-refractivity contribution < 1.29 is 0 Å². The minimum atomic E-state index is 0.775. The molecule has 0 amide bonds. The summed E-state index contributed by atoms with van der Waals surface area (Å²) in [6.45, 7) is 15.3. The van der Waals surface area contributed by atoms with Crippen LogP contribution in [0.15, 0.2) is 17.8 Å². The van der Waals surface area contributed by atoms with Gasteiger partial charge >= 0.3 is 0 Å². The van der Waals surface area contributed by atoms with Crippen molar-refractivity contribution in [3.8, 4) is 0 Å². The highest BCUT2D eigenvalue weighted by molar-refractivity contribution is 5.60. The first kappa shape index (κ1) is 16.1. The van der Waals surface area contributed by atoms with Gasteiger partial charge in [-0.15, -0.1) is 0 Å². The van der Waals surface area contributed by atoms with Crippen LogP contribution in [0.4, 0.5) is 5.69 Å². The van der Waals surface area contributed by atoms with Crippen molar-refractivity contribution in [2.24, 2.45) is 12.0 Å². The molecule has 0 atom stereocenters. The fourth-order valence-corrected chi connectivity index (χ4v) is 0.794. The summed E-state index contributed by atoms with van der Waals surface area (Å²) in [5, 5.41) is 3.97. The second kappa shape index (κ2) is 10.7. The molecule has 0 N–H and O–H groups in total. The number of hydrogen-bond acceptors (Lipinski definition) is 2. The summed E-state index contributed by atoms with van der Waals surface area (Å²) in [5.41, 5.74) is 1.67. The average Bonchev–Trinajstić information content (AvgIpc) is 2.63. The van der Waals surface area contributed by atoms with E-state index in [2.05, 4.69) is 37.2 Å². The van der Waals surface area contributed by atoms with E-state index in [0.29, 0.717) is 0 Å². The number of nitrogens with zero attached hydrogens (tertiary/aromatic N) is 3. The summed E-state index contributed by atoms with van der Waals surface area (Å²) in [4.78, 5) is 3.76. The molecule has 1 aromatic rings. The topological polar surface area (TPSA) is 30.2 Å². The standard InChI is InChI=1S/C7H9N3.C3H8.C2H6/c1-4-7-6(8-2)5-9-10(7)3;1-3-2;1-2/h4-5H,1-2H2,3H3;3H2,1-2H3;1-2H3. The second-order valence-electron chi connectivity index (χ2n) is 2.61. The van der Waals surface area contributed by atoms with Gasteiger partial charge in [0.05, 0.1) is 11.9 Å². The molecule has 1 heterocycles. The lowest BCUT2D eigenvalue weighted by atomic mass is 10.4. The van der Waals surface area contributed by atoms with E-state index in [1.54, 1.807) is 17.0 Å². The molecule has 3 nitrogen and oxygen atoms in total. The van der Waals surface area contributed by atoms with E-state index in [-0.39, 0.29) is 0 Å². The second-order valence-corrected chi connectivity index (χ2v) is 2.61. The summed E-state index contributed by atoms with van der Waals surface area (Å²) in [5.74, 6) is 0. The number of rotatable bonds is 2. The molecule has 0 aliphatic rings. The summed E-state index contributed by atoms with van der Waals surface area (Å²) < 4.78 is 1.71. The molecule has 0 radical (unpaired) electrons. The van der Waals surface area contributed by atoms with Crippen LogP contribution in [0.1, 0.15) is 39.8 Å². The summed E-state index contributed by atoms with van der Waals surface area (Å²) in [7, 11) is 1.84. The van der Waals surface area contributed by atoms with Gasteiger partial charge in [-0.2, -0.15) is 5.10 Å². The molecule has 0 aliphatic carbocycles. The molecular weight excluding hydrogens is 186 g/mol. The Morgan fingerprint density at radius 2 is 1.93 bits per heavy atom. The smallest absolute Gasteiger partial charge is 0.107 e. The van der Waals surface area contributed by atoms with Crippen LogP contribution in [0, 0.1) is 0 Å². The van der Waals surface area contributed by atoms with Crippen molar-refractivity contribution in [3.05, 3.63) is 18.5 Å². The van der Waals surface area contributed by atoms with Crippen molar-refractivity contribution in [1.82, 2.24) is 9.78 Å². The van der Waals surface area contributed by atoms with Crippen LogP contribution < -0.4 is 0 Å². The molecule has 0 aromatic carbocycles. The van der Waals surface area contributed by atoms with E-state index in [1.807, 2.05) is 20.9 Å². The van der Waals surface area contributed by atoms with Gasteiger partial charge < -0.3 is 0 Å². The Labute approximate surface area is 93.5 Å². The van der Waals surface area contributed by atoms with Crippen LogP contribution in [0.25, 0.3) is 6.08 Å². The molecular formula is C12H23N3. The molecule has 0 bridgehead atoms. The summed E-state index contributed by atoms with van der Waals surface area (Å²) >= 11 is 0. The van der Waals surface area contributed by atoms with E-state index in [0.717, 1.165) is 11.4 Å². The monoisotopic (exact) mass is 209 g/mol. The van der Waals surface area contributed by atoms with Crippen LogP contribution in [-0.2, 0) is 7.05 Å². The van der Waals surface area contributed by atoms with Crippen molar-refractivity contribution >= 4 is 18.5 Å².